The molecule has 1 saturated heterocycles. The molecule has 4 aromatic rings. The molecule has 0 unspecified atom stereocenters. The van der Waals surface area contributed by atoms with E-state index in [1.54, 1.807) is 47.7 Å². The number of carbonyl (C=O) groups excluding carboxylic acids is 1. The van der Waals surface area contributed by atoms with Gasteiger partial charge in [-0.05, 0) is 67.6 Å². The fourth-order valence-corrected chi connectivity index (χ4v) is 6.66. The molecule has 1 amide bonds. The molecule has 0 atom stereocenters. The molecule has 1 aromatic heterocycles. The van der Waals surface area contributed by atoms with Gasteiger partial charge in [0, 0.05) is 50.5 Å². The highest BCUT2D eigenvalue weighted by Crippen LogP contribution is 2.34. The first kappa shape index (κ1) is 28.7. The molecule has 2 N–H and O–H groups in total. The predicted octanol–water partition coefficient (Wildman–Crippen LogP) is 4.06. The highest BCUT2D eigenvalue weighted by Gasteiger charge is 2.21. The van der Waals surface area contributed by atoms with E-state index in [1.807, 2.05) is 19.1 Å². The van der Waals surface area contributed by atoms with Gasteiger partial charge in [0.25, 0.3) is 15.9 Å². The lowest BCUT2D eigenvalue weighted by molar-refractivity contribution is 0.0948. The summed E-state index contributed by atoms with van der Waals surface area (Å²) in [5.74, 6) is 1.20. The van der Waals surface area contributed by atoms with Crippen LogP contribution in [0.15, 0.2) is 71.6 Å². The molecule has 5 rings (SSSR count). The average Bonchev–Trinajstić information content (AvgIpc) is 3.43. The number of nitrogens with zero attached hydrogens (tertiary/aromatic N) is 3. The summed E-state index contributed by atoms with van der Waals surface area (Å²) in [7, 11) is -2.24. The van der Waals surface area contributed by atoms with Gasteiger partial charge >= 0.3 is 0 Å². The van der Waals surface area contributed by atoms with Crippen LogP contribution in [-0.4, -0.2) is 77.2 Å². The first-order valence-electron chi connectivity index (χ1n) is 13.4. The van der Waals surface area contributed by atoms with Crippen LogP contribution >= 0.6 is 11.3 Å². The zero-order chi connectivity index (χ0) is 28.8. The molecule has 3 aromatic carbocycles. The van der Waals surface area contributed by atoms with Crippen molar-refractivity contribution in [3.05, 3.63) is 72.3 Å². The van der Waals surface area contributed by atoms with Crippen molar-refractivity contribution in [2.75, 3.05) is 62.6 Å². The Balaban J connectivity index is 1.07. The maximum atomic E-state index is 12.7. The molecule has 0 spiro atoms. The van der Waals surface area contributed by atoms with Crippen molar-refractivity contribution in [3.63, 3.8) is 0 Å². The second kappa shape index (κ2) is 12.8. The smallest absolute Gasteiger partial charge is 0.261 e. The minimum absolute atomic E-state index is 0.122. The number of piperazine rings is 1. The minimum atomic E-state index is -3.76. The fraction of sp³-hybridized carbons (Fsp3) is 0.310. The minimum Gasteiger partial charge on any atom is -0.497 e. The quantitative estimate of drug-likeness (QED) is 0.267. The molecule has 0 radical (unpaired) electrons. The van der Waals surface area contributed by atoms with Gasteiger partial charge in [0.1, 0.15) is 17.0 Å². The zero-order valence-electron chi connectivity index (χ0n) is 23.0. The summed E-state index contributed by atoms with van der Waals surface area (Å²) in [4.78, 5) is 22.3. The van der Waals surface area contributed by atoms with E-state index in [1.165, 1.54) is 19.2 Å². The summed E-state index contributed by atoms with van der Waals surface area (Å²) in [5.41, 5.74) is 1.75. The molecule has 1 fully saturated rings. The van der Waals surface area contributed by atoms with Crippen LogP contribution in [0.4, 0.5) is 10.8 Å². The third kappa shape index (κ3) is 6.89. The Hall–Kier alpha value is -3.87. The summed E-state index contributed by atoms with van der Waals surface area (Å²) in [6, 6.07) is 18.5. The molecule has 0 bridgehead atoms. The SMILES string of the molecule is CCOc1cccc2sc(N3CCN(CCNC(=O)c4ccc(NS(=O)(=O)c5ccc(OC)cc5)cc4)CC3)nc12. The van der Waals surface area contributed by atoms with E-state index in [0.717, 1.165) is 53.8 Å². The van der Waals surface area contributed by atoms with Crippen molar-refractivity contribution in [2.45, 2.75) is 11.8 Å². The standard InChI is InChI=1S/C29H33N5O5S2/c1-3-39-25-5-4-6-26-27(25)31-29(40-26)34-19-17-33(18-20-34)16-15-30-28(35)21-7-9-22(10-8-21)32-41(36,37)24-13-11-23(38-2)12-14-24/h4-14,32H,3,15-20H2,1-2H3,(H,30,35). The molecule has 1 aliphatic rings. The van der Waals surface area contributed by atoms with Gasteiger partial charge < -0.3 is 19.7 Å². The van der Waals surface area contributed by atoms with E-state index in [0.29, 0.717) is 30.2 Å². The van der Waals surface area contributed by atoms with Crippen LogP contribution in [0.25, 0.3) is 10.2 Å². The summed E-state index contributed by atoms with van der Waals surface area (Å²) in [5, 5.41) is 3.97. The second-order valence-electron chi connectivity index (χ2n) is 9.48. The molecule has 0 saturated carbocycles. The first-order chi connectivity index (χ1) is 19.9. The van der Waals surface area contributed by atoms with Crippen LogP contribution in [0.2, 0.25) is 0 Å². The Morgan fingerprint density at radius 3 is 2.41 bits per heavy atom. The summed E-state index contributed by atoms with van der Waals surface area (Å²) < 4.78 is 39.8. The van der Waals surface area contributed by atoms with E-state index in [2.05, 4.69) is 25.9 Å². The van der Waals surface area contributed by atoms with Gasteiger partial charge in [0.2, 0.25) is 0 Å². The molecule has 10 nitrogen and oxygen atoms in total. The Bertz CT molecular complexity index is 1580. The van der Waals surface area contributed by atoms with Crippen molar-refractivity contribution >= 4 is 48.3 Å². The van der Waals surface area contributed by atoms with E-state index < -0.39 is 10.0 Å². The number of thiazole rings is 1. The summed E-state index contributed by atoms with van der Waals surface area (Å²) in [6.45, 7) is 7.34. The number of sulfonamides is 1. The number of carbonyl (C=O) groups is 1. The predicted molar refractivity (Wildman–Crippen MR) is 162 cm³/mol. The fourth-order valence-electron chi connectivity index (χ4n) is 4.57. The van der Waals surface area contributed by atoms with Gasteiger partial charge in [0.15, 0.2) is 5.13 Å². The maximum absolute atomic E-state index is 12.7. The van der Waals surface area contributed by atoms with Crippen LogP contribution in [0.5, 0.6) is 11.5 Å². The Kier molecular flexibility index (Phi) is 8.91. The van der Waals surface area contributed by atoms with E-state index in [9.17, 15) is 13.2 Å². The average molecular weight is 596 g/mol. The molecule has 2 heterocycles. The lowest BCUT2D eigenvalue weighted by Gasteiger charge is -2.34. The van der Waals surface area contributed by atoms with Gasteiger partial charge in [0.05, 0.1) is 23.3 Å². The van der Waals surface area contributed by atoms with Crippen LogP contribution in [0, 0.1) is 0 Å². The number of rotatable bonds is 11. The number of fused-ring (bicyclic) bond motifs is 1. The third-order valence-electron chi connectivity index (χ3n) is 6.80. The first-order valence-corrected chi connectivity index (χ1v) is 15.7. The molecular weight excluding hydrogens is 562 g/mol. The molecule has 216 valence electrons. The van der Waals surface area contributed by atoms with Gasteiger partial charge in [-0.15, -0.1) is 0 Å². The Morgan fingerprint density at radius 1 is 1.00 bits per heavy atom. The highest BCUT2D eigenvalue weighted by molar-refractivity contribution is 7.92. The maximum Gasteiger partial charge on any atom is 0.261 e. The normalized spacial score (nSPS) is 14.1. The number of methoxy groups -OCH3 is 1. The number of anilines is 2. The van der Waals surface area contributed by atoms with Crippen LogP contribution in [-0.2, 0) is 10.0 Å². The highest BCUT2D eigenvalue weighted by atomic mass is 32.2. The van der Waals surface area contributed by atoms with Crippen LogP contribution in [0.1, 0.15) is 17.3 Å². The second-order valence-corrected chi connectivity index (χ2v) is 12.2. The van der Waals surface area contributed by atoms with Gasteiger partial charge in [-0.25, -0.2) is 13.4 Å². The molecular formula is C29H33N5O5S2. The van der Waals surface area contributed by atoms with Crippen molar-refractivity contribution < 1.29 is 22.7 Å². The van der Waals surface area contributed by atoms with Gasteiger partial charge in [-0.1, -0.05) is 17.4 Å². The summed E-state index contributed by atoms with van der Waals surface area (Å²) >= 11 is 1.69. The van der Waals surface area contributed by atoms with Crippen molar-refractivity contribution in [3.8, 4) is 11.5 Å². The third-order valence-corrected chi connectivity index (χ3v) is 9.27. The molecule has 12 heteroatoms. The number of amides is 1. The topological polar surface area (TPSA) is 113 Å². The Labute approximate surface area is 243 Å². The largest absolute Gasteiger partial charge is 0.497 e. The molecule has 41 heavy (non-hydrogen) atoms. The number of benzene rings is 3. The monoisotopic (exact) mass is 595 g/mol. The van der Waals surface area contributed by atoms with E-state index in [-0.39, 0.29) is 10.8 Å². The zero-order valence-corrected chi connectivity index (χ0v) is 24.6. The number of hydrogen-bond donors (Lipinski definition) is 2. The van der Waals surface area contributed by atoms with Crippen molar-refractivity contribution in [1.82, 2.24) is 15.2 Å². The van der Waals surface area contributed by atoms with Crippen molar-refractivity contribution in [2.24, 2.45) is 0 Å². The van der Waals surface area contributed by atoms with Gasteiger partial charge in [-0.3, -0.25) is 14.4 Å². The lowest BCUT2D eigenvalue weighted by atomic mass is 10.2. The van der Waals surface area contributed by atoms with Crippen molar-refractivity contribution in [1.29, 1.82) is 0 Å². The van der Waals surface area contributed by atoms with Gasteiger partial charge in [-0.2, -0.15) is 0 Å². The number of nitrogens with one attached hydrogen (secondary N) is 2. The number of ether oxygens (including phenoxy) is 2. The Morgan fingerprint density at radius 2 is 1.73 bits per heavy atom. The number of para-hydroxylation sites is 1. The number of hydrogen-bond acceptors (Lipinski definition) is 9. The molecule has 1 aliphatic heterocycles. The lowest BCUT2D eigenvalue weighted by Crippen LogP contribution is -2.48. The molecule has 0 aliphatic carbocycles. The summed E-state index contributed by atoms with van der Waals surface area (Å²) in [6.07, 6.45) is 0. The van der Waals surface area contributed by atoms with E-state index >= 15 is 0 Å². The van der Waals surface area contributed by atoms with E-state index in [4.69, 9.17) is 14.5 Å². The van der Waals surface area contributed by atoms with Crippen LogP contribution < -0.4 is 24.4 Å². The van der Waals surface area contributed by atoms with Crippen LogP contribution in [0.3, 0.4) is 0 Å². The number of aromatic nitrogens is 1.